The van der Waals surface area contributed by atoms with Crippen LogP contribution in [0.25, 0.3) is 44.6 Å². The van der Waals surface area contributed by atoms with Crippen LogP contribution >= 0.6 is 0 Å². The third-order valence-electron chi connectivity index (χ3n) is 8.23. The largest absolute Gasteiger partial charge is 0.481 e. The summed E-state index contributed by atoms with van der Waals surface area (Å²) in [4.78, 5) is 33.6. The zero-order chi connectivity index (χ0) is 25.1. The number of hydrogen-bond donors (Lipinski definition) is 2. The standard InChI is InChI=1S/C28H25FN6O2/c29-18-9-19-21(12-32-25(19)31-11-18)26-33-13-22-23(17-5-2-6-30-10-17)14-35(27(22)34-26)24-16-4-1-3-15(7-16)8-20(24)28(36)37/h2,5-6,9-16,20,24H,1,3-4,7-8H2,(H,31,32)(H,36,37)/t15?,16?,20-,24-/m0/s1. The first-order chi connectivity index (χ1) is 18.1. The lowest BCUT2D eigenvalue weighted by Crippen LogP contribution is -2.40. The Morgan fingerprint density at radius 2 is 2.03 bits per heavy atom. The Morgan fingerprint density at radius 3 is 2.86 bits per heavy atom. The molecular formula is C28H25FN6O2. The lowest BCUT2D eigenvalue weighted by molar-refractivity contribution is -0.147. The quantitative estimate of drug-likeness (QED) is 0.334. The summed E-state index contributed by atoms with van der Waals surface area (Å²) in [6, 6.07) is 5.09. The Labute approximate surface area is 211 Å². The highest BCUT2D eigenvalue weighted by Crippen LogP contribution is 2.50. The maximum atomic E-state index is 14.0. The number of aliphatic carboxylic acids is 1. The van der Waals surface area contributed by atoms with E-state index in [1.54, 1.807) is 24.8 Å². The summed E-state index contributed by atoms with van der Waals surface area (Å²) >= 11 is 0. The van der Waals surface area contributed by atoms with E-state index in [1.165, 1.54) is 12.3 Å². The summed E-state index contributed by atoms with van der Waals surface area (Å²) in [5.74, 6) is -0.488. The van der Waals surface area contributed by atoms with E-state index in [2.05, 4.69) is 24.5 Å². The van der Waals surface area contributed by atoms with Gasteiger partial charge >= 0.3 is 5.97 Å². The van der Waals surface area contributed by atoms with Gasteiger partial charge in [-0.1, -0.05) is 18.9 Å². The van der Waals surface area contributed by atoms with Gasteiger partial charge in [0, 0.05) is 58.4 Å². The van der Waals surface area contributed by atoms with Crippen LogP contribution in [0.2, 0.25) is 0 Å². The smallest absolute Gasteiger partial charge is 0.308 e. The Morgan fingerprint density at radius 1 is 1.11 bits per heavy atom. The summed E-state index contributed by atoms with van der Waals surface area (Å²) in [7, 11) is 0. The van der Waals surface area contributed by atoms with Crippen LogP contribution in [-0.4, -0.2) is 40.6 Å². The minimum Gasteiger partial charge on any atom is -0.481 e. The second-order valence-electron chi connectivity index (χ2n) is 10.3. The first-order valence-corrected chi connectivity index (χ1v) is 12.7. The molecule has 2 N–H and O–H groups in total. The van der Waals surface area contributed by atoms with Crippen LogP contribution in [-0.2, 0) is 4.79 Å². The molecule has 4 atom stereocenters. The number of halogens is 1. The molecule has 0 radical (unpaired) electrons. The number of H-pyrrole nitrogens is 1. The van der Waals surface area contributed by atoms with E-state index >= 15 is 0 Å². The number of carboxylic acid groups (broad SMARTS) is 1. The average Bonchev–Trinajstić information content (AvgIpc) is 3.50. The Hall–Kier alpha value is -4.14. The van der Waals surface area contributed by atoms with E-state index in [1.807, 2.05) is 18.3 Å². The third-order valence-corrected chi connectivity index (χ3v) is 8.23. The van der Waals surface area contributed by atoms with Crippen LogP contribution in [0.3, 0.4) is 0 Å². The zero-order valence-corrected chi connectivity index (χ0v) is 20.0. The summed E-state index contributed by atoms with van der Waals surface area (Å²) in [5.41, 5.74) is 3.73. The highest BCUT2D eigenvalue weighted by atomic mass is 19.1. The van der Waals surface area contributed by atoms with E-state index in [-0.39, 0.29) is 12.0 Å². The van der Waals surface area contributed by atoms with Crippen molar-refractivity contribution in [2.75, 3.05) is 0 Å². The predicted molar refractivity (Wildman–Crippen MR) is 136 cm³/mol. The van der Waals surface area contributed by atoms with Gasteiger partial charge in [0.2, 0.25) is 0 Å². The number of carbonyl (C=O) groups is 1. The molecule has 5 aromatic heterocycles. The number of aromatic amines is 1. The van der Waals surface area contributed by atoms with Gasteiger partial charge < -0.3 is 14.7 Å². The van der Waals surface area contributed by atoms with Crippen molar-refractivity contribution in [2.45, 2.75) is 38.1 Å². The Balaban J connectivity index is 1.46. The molecule has 37 heavy (non-hydrogen) atoms. The van der Waals surface area contributed by atoms with Crippen molar-refractivity contribution in [3.8, 4) is 22.5 Å². The molecule has 2 bridgehead atoms. The first kappa shape index (κ1) is 22.1. The van der Waals surface area contributed by atoms with Gasteiger partial charge in [-0.25, -0.2) is 19.3 Å². The second kappa shape index (κ2) is 8.47. The summed E-state index contributed by atoms with van der Waals surface area (Å²) < 4.78 is 16.1. The number of hydrogen-bond acceptors (Lipinski definition) is 5. The van der Waals surface area contributed by atoms with Gasteiger partial charge in [0.05, 0.1) is 18.2 Å². The highest BCUT2D eigenvalue weighted by molar-refractivity contribution is 5.96. The van der Waals surface area contributed by atoms with Gasteiger partial charge in [0.1, 0.15) is 17.1 Å². The Bertz CT molecular complexity index is 1650. The fourth-order valence-corrected chi connectivity index (χ4v) is 6.65. The third kappa shape index (κ3) is 3.60. The van der Waals surface area contributed by atoms with Gasteiger partial charge in [-0.2, -0.15) is 0 Å². The summed E-state index contributed by atoms with van der Waals surface area (Å²) in [6.07, 6.45) is 15.2. The summed E-state index contributed by atoms with van der Waals surface area (Å²) in [5, 5.41) is 11.7. The first-order valence-electron chi connectivity index (χ1n) is 12.7. The monoisotopic (exact) mass is 496 g/mol. The fraction of sp³-hybridized carbons (Fsp3) is 0.321. The number of aromatic nitrogens is 6. The van der Waals surface area contributed by atoms with Crippen LogP contribution in [0.4, 0.5) is 4.39 Å². The Kier molecular flexibility index (Phi) is 5.05. The molecule has 2 saturated carbocycles. The lowest BCUT2D eigenvalue weighted by atomic mass is 9.65. The van der Waals surface area contributed by atoms with E-state index in [0.717, 1.165) is 42.2 Å². The van der Waals surface area contributed by atoms with Crippen molar-refractivity contribution >= 4 is 28.0 Å². The van der Waals surface area contributed by atoms with Crippen LogP contribution < -0.4 is 0 Å². The number of nitrogens with zero attached hydrogens (tertiary/aromatic N) is 5. The molecule has 186 valence electrons. The number of rotatable bonds is 4. The van der Waals surface area contributed by atoms with E-state index in [0.29, 0.717) is 40.4 Å². The van der Waals surface area contributed by atoms with E-state index in [4.69, 9.17) is 4.98 Å². The molecule has 0 spiro atoms. The topological polar surface area (TPSA) is 110 Å². The van der Waals surface area contributed by atoms with E-state index in [9.17, 15) is 14.3 Å². The molecule has 0 saturated heterocycles. The highest BCUT2D eigenvalue weighted by Gasteiger charge is 2.44. The van der Waals surface area contributed by atoms with Gasteiger partial charge in [-0.05, 0) is 43.2 Å². The second-order valence-corrected chi connectivity index (χ2v) is 10.3. The molecule has 5 heterocycles. The van der Waals surface area contributed by atoms with Gasteiger partial charge in [0.25, 0.3) is 0 Å². The maximum absolute atomic E-state index is 14.0. The maximum Gasteiger partial charge on any atom is 0.308 e. The van der Waals surface area contributed by atoms with Crippen molar-refractivity contribution in [1.29, 1.82) is 0 Å². The minimum absolute atomic E-state index is 0.202. The lowest BCUT2D eigenvalue weighted by Gasteiger charge is -2.44. The molecule has 2 aliphatic rings. The number of nitrogens with one attached hydrogen (secondary N) is 1. The predicted octanol–water partition coefficient (Wildman–Crippen LogP) is 5.63. The van der Waals surface area contributed by atoms with Crippen molar-refractivity contribution in [3.05, 3.63) is 61.2 Å². The minimum atomic E-state index is -0.751. The van der Waals surface area contributed by atoms with Crippen molar-refractivity contribution in [1.82, 2.24) is 29.5 Å². The number of carboxylic acids is 1. The van der Waals surface area contributed by atoms with Crippen molar-refractivity contribution in [2.24, 2.45) is 17.8 Å². The van der Waals surface area contributed by atoms with Gasteiger partial charge in [-0.15, -0.1) is 0 Å². The summed E-state index contributed by atoms with van der Waals surface area (Å²) in [6.45, 7) is 0. The van der Waals surface area contributed by atoms with Crippen molar-refractivity contribution in [3.63, 3.8) is 0 Å². The van der Waals surface area contributed by atoms with Crippen LogP contribution in [0.1, 0.15) is 38.1 Å². The van der Waals surface area contributed by atoms with Crippen molar-refractivity contribution < 1.29 is 14.3 Å². The van der Waals surface area contributed by atoms with Crippen LogP contribution in [0, 0.1) is 23.6 Å². The SMILES string of the molecule is O=C(O)[C@H]1CC2CCCC(C2)[C@@H]1n1cc(-c2cccnc2)c2cnc(-c3c[nH]c4ncc(F)cc34)nc21. The molecule has 5 aromatic rings. The molecule has 9 heteroatoms. The van der Waals surface area contributed by atoms with Crippen LogP contribution in [0.5, 0.6) is 0 Å². The molecule has 0 aromatic carbocycles. The van der Waals surface area contributed by atoms with Gasteiger partial charge in [0.15, 0.2) is 5.82 Å². The van der Waals surface area contributed by atoms with Gasteiger partial charge in [-0.3, -0.25) is 9.78 Å². The van der Waals surface area contributed by atoms with Crippen LogP contribution in [0.15, 0.2) is 55.4 Å². The molecule has 2 aliphatic carbocycles. The average molecular weight is 497 g/mol. The molecule has 8 nitrogen and oxygen atoms in total. The number of pyridine rings is 2. The zero-order valence-electron chi connectivity index (χ0n) is 20.0. The normalized spacial score (nSPS) is 23.5. The molecule has 0 aliphatic heterocycles. The molecular weight excluding hydrogens is 471 g/mol. The molecule has 7 rings (SSSR count). The number of fused-ring (bicyclic) bond motifs is 4. The van der Waals surface area contributed by atoms with E-state index < -0.39 is 17.7 Å². The fourth-order valence-electron chi connectivity index (χ4n) is 6.65. The molecule has 2 unspecified atom stereocenters. The molecule has 2 fully saturated rings. The molecule has 0 amide bonds.